The van der Waals surface area contributed by atoms with E-state index in [1.807, 2.05) is 19.9 Å². The zero-order valence-electron chi connectivity index (χ0n) is 8.73. The summed E-state index contributed by atoms with van der Waals surface area (Å²) in [6, 6.07) is 3.66. The highest BCUT2D eigenvalue weighted by Gasteiger charge is 2.21. The molecule has 0 bridgehead atoms. The van der Waals surface area contributed by atoms with Crippen molar-refractivity contribution in [3.05, 3.63) is 34.6 Å². The number of hydrogen-bond donors (Lipinski definition) is 1. The number of halogens is 1. The first-order valence-electron chi connectivity index (χ1n) is 5.19. The molecule has 2 heteroatoms. The van der Waals surface area contributed by atoms with Gasteiger partial charge in [-0.3, -0.25) is 0 Å². The van der Waals surface area contributed by atoms with Crippen molar-refractivity contribution < 1.29 is 4.39 Å². The van der Waals surface area contributed by atoms with Crippen LogP contribution in [0.4, 0.5) is 4.39 Å². The minimum atomic E-state index is -0.0625. The molecule has 76 valence electrons. The standard InChI is InChI=1S/C12H16FN/c1-8-5-6-10(13)12(9(8)2)11-4-3-7-14-11/h5-6,11,14H,3-4,7H2,1-2H3. The van der Waals surface area contributed by atoms with Crippen LogP contribution in [-0.2, 0) is 0 Å². The van der Waals surface area contributed by atoms with Crippen LogP contribution in [0.1, 0.15) is 35.6 Å². The van der Waals surface area contributed by atoms with Gasteiger partial charge in [-0.2, -0.15) is 0 Å². The Hall–Kier alpha value is -0.890. The average molecular weight is 193 g/mol. The number of rotatable bonds is 1. The van der Waals surface area contributed by atoms with Crippen LogP contribution < -0.4 is 5.32 Å². The number of hydrogen-bond acceptors (Lipinski definition) is 1. The lowest BCUT2D eigenvalue weighted by Crippen LogP contribution is -2.16. The number of aryl methyl sites for hydroxylation is 1. The molecule has 2 rings (SSSR count). The van der Waals surface area contributed by atoms with Gasteiger partial charge in [0.05, 0.1) is 0 Å². The normalized spacial score (nSPS) is 21.5. The molecule has 1 unspecified atom stereocenters. The van der Waals surface area contributed by atoms with Crippen LogP contribution in [0.2, 0.25) is 0 Å². The quantitative estimate of drug-likeness (QED) is 0.723. The fraction of sp³-hybridized carbons (Fsp3) is 0.500. The molecule has 1 aliphatic rings. The molecule has 0 aliphatic carbocycles. The van der Waals surface area contributed by atoms with E-state index in [1.54, 1.807) is 6.07 Å². The van der Waals surface area contributed by atoms with Crippen molar-refractivity contribution in [1.29, 1.82) is 0 Å². The Morgan fingerprint density at radius 1 is 1.36 bits per heavy atom. The lowest BCUT2D eigenvalue weighted by atomic mass is 9.96. The number of nitrogens with one attached hydrogen (secondary N) is 1. The van der Waals surface area contributed by atoms with Gasteiger partial charge >= 0.3 is 0 Å². The third kappa shape index (κ3) is 1.55. The van der Waals surface area contributed by atoms with E-state index in [2.05, 4.69) is 5.32 Å². The van der Waals surface area contributed by atoms with E-state index in [4.69, 9.17) is 0 Å². The largest absolute Gasteiger partial charge is 0.310 e. The van der Waals surface area contributed by atoms with E-state index in [-0.39, 0.29) is 11.9 Å². The van der Waals surface area contributed by atoms with Gasteiger partial charge in [-0.15, -0.1) is 0 Å². The first-order chi connectivity index (χ1) is 6.70. The molecule has 1 saturated heterocycles. The van der Waals surface area contributed by atoms with Crippen molar-refractivity contribution in [3.63, 3.8) is 0 Å². The first-order valence-corrected chi connectivity index (χ1v) is 5.19. The molecule has 0 spiro atoms. The zero-order chi connectivity index (χ0) is 10.1. The summed E-state index contributed by atoms with van der Waals surface area (Å²) in [6.45, 7) is 5.05. The SMILES string of the molecule is Cc1ccc(F)c(C2CCCN2)c1C. The molecule has 0 radical (unpaired) electrons. The van der Waals surface area contributed by atoms with Gasteiger partial charge in [0.25, 0.3) is 0 Å². The molecule has 1 heterocycles. The topological polar surface area (TPSA) is 12.0 Å². The Kier molecular flexibility index (Phi) is 2.55. The van der Waals surface area contributed by atoms with Crippen LogP contribution in [0.3, 0.4) is 0 Å². The monoisotopic (exact) mass is 193 g/mol. The van der Waals surface area contributed by atoms with Crippen molar-refractivity contribution in [2.24, 2.45) is 0 Å². The molecule has 1 aromatic rings. The highest BCUT2D eigenvalue weighted by Crippen LogP contribution is 2.29. The summed E-state index contributed by atoms with van der Waals surface area (Å²) >= 11 is 0. The predicted octanol–water partition coefficient (Wildman–Crippen LogP) is 2.87. The molecule has 0 amide bonds. The van der Waals surface area contributed by atoms with Crippen LogP contribution in [-0.4, -0.2) is 6.54 Å². The lowest BCUT2D eigenvalue weighted by Gasteiger charge is -2.16. The minimum Gasteiger partial charge on any atom is -0.310 e. The average Bonchev–Trinajstić information content (AvgIpc) is 2.65. The van der Waals surface area contributed by atoms with Crippen LogP contribution in [0.5, 0.6) is 0 Å². The molecule has 1 aromatic carbocycles. The van der Waals surface area contributed by atoms with Crippen molar-refractivity contribution >= 4 is 0 Å². The van der Waals surface area contributed by atoms with E-state index < -0.39 is 0 Å². The van der Waals surface area contributed by atoms with Gasteiger partial charge in [0.2, 0.25) is 0 Å². The molecule has 1 atom stereocenters. The molecular weight excluding hydrogens is 177 g/mol. The van der Waals surface area contributed by atoms with E-state index in [1.165, 1.54) is 5.56 Å². The van der Waals surface area contributed by atoms with Crippen LogP contribution >= 0.6 is 0 Å². The Morgan fingerprint density at radius 2 is 2.14 bits per heavy atom. The van der Waals surface area contributed by atoms with Crippen molar-refractivity contribution in [1.82, 2.24) is 5.32 Å². The van der Waals surface area contributed by atoms with Crippen LogP contribution in [0.15, 0.2) is 12.1 Å². The fourth-order valence-electron chi connectivity index (χ4n) is 2.16. The van der Waals surface area contributed by atoms with Gasteiger partial charge in [0, 0.05) is 11.6 Å². The fourth-order valence-corrected chi connectivity index (χ4v) is 2.16. The summed E-state index contributed by atoms with van der Waals surface area (Å²) in [5.74, 6) is -0.0625. The Bertz CT molecular complexity index is 340. The molecule has 1 nitrogen and oxygen atoms in total. The summed E-state index contributed by atoms with van der Waals surface area (Å²) in [4.78, 5) is 0. The molecule has 1 N–H and O–H groups in total. The lowest BCUT2D eigenvalue weighted by molar-refractivity contribution is 0.554. The van der Waals surface area contributed by atoms with Gasteiger partial charge in [0.15, 0.2) is 0 Å². The summed E-state index contributed by atoms with van der Waals surface area (Å²) in [6.07, 6.45) is 2.21. The van der Waals surface area contributed by atoms with E-state index in [0.717, 1.165) is 30.5 Å². The molecule has 14 heavy (non-hydrogen) atoms. The van der Waals surface area contributed by atoms with Gasteiger partial charge in [-0.05, 0) is 50.4 Å². The van der Waals surface area contributed by atoms with E-state index in [9.17, 15) is 4.39 Å². The van der Waals surface area contributed by atoms with Crippen molar-refractivity contribution in [2.45, 2.75) is 32.7 Å². The molecule has 1 fully saturated rings. The second kappa shape index (κ2) is 3.70. The Labute approximate surface area is 84.3 Å². The van der Waals surface area contributed by atoms with Gasteiger partial charge in [-0.25, -0.2) is 4.39 Å². The molecule has 0 saturated carbocycles. The zero-order valence-corrected chi connectivity index (χ0v) is 8.73. The third-order valence-electron chi connectivity index (χ3n) is 3.14. The third-order valence-corrected chi connectivity index (χ3v) is 3.14. The van der Waals surface area contributed by atoms with Crippen LogP contribution in [0.25, 0.3) is 0 Å². The summed E-state index contributed by atoms with van der Waals surface area (Å²) < 4.78 is 13.6. The number of benzene rings is 1. The van der Waals surface area contributed by atoms with Gasteiger partial charge in [-0.1, -0.05) is 6.07 Å². The summed E-state index contributed by atoms with van der Waals surface area (Å²) in [5, 5.41) is 3.34. The Balaban J connectivity index is 2.44. The maximum absolute atomic E-state index is 13.6. The van der Waals surface area contributed by atoms with Crippen LogP contribution in [0, 0.1) is 19.7 Å². The molecular formula is C12H16FN. The maximum atomic E-state index is 13.6. The van der Waals surface area contributed by atoms with E-state index >= 15 is 0 Å². The second-order valence-corrected chi connectivity index (χ2v) is 4.05. The summed E-state index contributed by atoms with van der Waals surface area (Å²) in [5.41, 5.74) is 3.15. The first kappa shape index (κ1) is 9.66. The second-order valence-electron chi connectivity index (χ2n) is 4.05. The van der Waals surface area contributed by atoms with Gasteiger partial charge in [0.1, 0.15) is 5.82 Å². The van der Waals surface area contributed by atoms with Crippen molar-refractivity contribution in [2.75, 3.05) is 6.54 Å². The maximum Gasteiger partial charge on any atom is 0.128 e. The summed E-state index contributed by atoms with van der Waals surface area (Å²) in [7, 11) is 0. The smallest absolute Gasteiger partial charge is 0.128 e. The van der Waals surface area contributed by atoms with E-state index in [0.29, 0.717) is 0 Å². The highest BCUT2D eigenvalue weighted by atomic mass is 19.1. The van der Waals surface area contributed by atoms with Gasteiger partial charge < -0.3 is 5.32 Å². The molecule has 1 aliphatic heterocycles. The van der Waals surface area contributed by atoms with Crippen molar-refractivity contribution in [3.8, 4) is 0 Å². The Morgan fingerprint density at radius 3 is 2.79 bits per heavy atom. The molecule has 0 aromatic heterocycles. The minimum absolute atomic E-state index is 0.0625. The highest BCUT2D eigenvalue weighted by molar-refractivity contribution is 5.36. The predicted molar refractivity (Wildman–Crippen MR) is 55.9 cm³/mol.